The number of anilines is 1. The van der Waals surface area contributed by atoms with Crippen molar-refractivity contribution in [2.75, 3.05) is 12.4 Å². The lowest BCUT2D eigenvalue weighted by molar-refractivity contribution is -0.121. The average molecular weight is 247 g/mol. The Morgan fingerprint density at radius 1 is 1.11 bits per heavy atom. The van der Waals surface area contributed by atoms with E-state index in [1.807, 2.05) is 20.9 Å². The number of rotatable bonds is 6. The lowest BCUT2D eigenvalue weighted by Crippen LogP contribution is -2.11. The fourth-order valence-corrected chi connectivity index (χ4v) is 2.00. The highest BCUT2D eigenvalue weighted by molar-refractivity contribution is 5.82. The fourth-order valence-electron chi connectivity index (χ4n) is 2.00. The molecule has 0 unspecified atom stereocenters. The van der Waals surface area contributed by atoms with Crippen LogP contribution in [-0.2, 0) is 17.6 Å². The smallest absolute Gasteiger partial charge is 0.139 e. The number of carbonyl (C=O) groups is 1. The van der Waals surface area contributed by atoms with Gasteiger partial charge in [0.05, 0.1) is 0 Å². The zero-order valence-electron chi connectivity index (χ0n) is 12.2. The van der Waals surface area contributed by atoms with E-state index >= 15 is 0 Å². The van der Waals surface area contributed by atoms with Crippen molar-refractivity contribution in [1.29, 1.82) is 0 Å². The maximum Gasteiger partial charge on any atom is 0.139 e. The molecule has 0 fully saturated rings. The summed E-state index contributed by atoms with van der Waals surface area (Å²) in [5.41, 5.74) is 3.53. The second-order valence-corrected chi connectivity index (χ2v) is 5.68. The maximum atomic E-state index is 11.8. The van der Waals surface area contributed by atoms with Gasteiger partial charge in [-0.3, -0.25) is 4.79 Å². The summed E-state index contributed by atoms with van der Waals surface area (Å²) in [7, 11) is 1.92. The first kappa shape index (κ1) is 14.7. The highest BCUT2D eigenvalue weighted by atomic mass is 16.1. The van der Waals surface area contributed by atoms with Gasteiger partial charge in [-0.05, 0) is 35.6 Å². The van der Waals surface area contributed by atoms with Crippen LogP contribution in [0.15, 0.2) is 18.2 Å². The first-order valence-electron chi connectivity index (χ1n) is 6.75. The van der Waals surface area contributed by atoms with Crippen molar-refractivity contribution in [2.45, 2.75) is 40.5 Å². The third-order valence-corrected chi connectivity index (χ3v) is 3.01. The fraction of sp³-hybridized carbons (Fsp3) is 0.562. The van der Waals surface area contributed by atoms with Crippen molar-refractivity contribution in [3.05, 3.63) is 29.3 Å². The summed E-state index contributed by atoms with van der Waals surface area (Å²) in [6, 6.07) is 6.41. The normalized spacial score (nSPS) is 11.1. The second-order valence-electron chi connectivity index (χ2n) is 5.68. The van der Waals surface area contributed by atoms with Gasteiger partial charge >= 0.3 is 0 Å². The summed E-state index contributed by atoms with van der Waals surface area (Å²) in [6.07, 6.45) is 1.59. The van der Waals surface area contributed by atoms with E-state index in [4.69, 9.17) is 0 Å². The average Bonchev–Trinajstić information content (AvgIpc) is 2.27. The summed E-state index contributed by atoms with van der Waals surface area (Å²) >= 11 is 0. The number of hydrogen-bond acceptors (Lipinski definition) is 2. The SMILES string of the molecule is CNc1cc(CC(=O)C(C)C)cc(CC(C)C)c1. The van der Waals surface area contributed by atoms with Gasteiger partial charge < -0.3 is 5.32 Å². The number of benzene rings is 1. The standard InChI is InChI=1S/C16H25NO/c1-11(2)6-13-7-14(9-15(8-13)17-5)10-16(18)12(3)4/h7-9,11-12,17H,6,10H2,1-5H3. The molecule has 2 heteroatoms. The van der Waals surface area contributed by atoms with Gasteiger partial charge in [0.25, 0.3) is 0 Å². The van der Waals surface area contributed by atoms with E-state index in [-0.39, 0.29) is 5.92 Å². The van der Waals surface area contributed by atoms with Crippen molar-refractivity contribution < 1.29 is 4.79 Å². The molecule has 0 amide bonds. The molecule has 2 nitrogen and oxygen atoms in total. The van der Waals surface area contributed by atoms with Crippen LogP contribution in [0.5, 0.6) is 0 Å². The zero-order valence-corrected chi connectivity index (χ0v) is 12.2. The molecule has 1 aromatic carbocycles. The molecule has 0 aliphatic heterocycles. The van der Waals surface area contributed by atoms with Crippen LogP contribution in [0.4, 0.5) is 5.69 Å². The van der Waals surface area contributed by atoms with Crippen molar-refractivity contribution >= 4 is 11.5 Å². The van der Waals surface area contributed by atoms with E-state index in [0.717, 1.165) is 17.7 Å². The monoisotopic (exact) mass is 247 g/mol. The largest absolute Gasteiger partial charge is 0.388 e. The van der Waals surface area contributed by atoms with Gasteiger partial charge in [0.1, 0.15) is 5.78 Å². The molecular weight excluding hydrogens is 222 g/mol. The lowest BCUT2D eigenvalue weighted by atomic mass is 9.96. The van der Waals surface area contributed by atoms with Crippen LogP contribution < -0.4 is 5.32 Å². The molecule has 0 saturated carbocycles. The molecule has 1 N–H and O–H groups in total. The van der Waals surface area contributed by atoms with E-state index in [1.54, 1.807) is 0 Å². The van der Waals surface area contributed by atoms with Crippen molar-refractivity contribution in [3.8, 4) is 0 Å². The number of carbonyl (C=O) groups excluding carboxylic acids is 1. The second kappa shape index (κ2) is 6.58. The van der Waals surface area contributed by atoms with Gasteiger partial charge in [-0.2, -0.15) is 0 Å². The molecule has 0 spiro atoms. The van der Waals surface area contributed by atoms with Gasteiger partial charge in [-0.25, -0.2) is 0 Å². The van der Waals surface area contributed by atoms with E-state index in [2.05, 4.69) is 37.4 Å². The molecule has 0 saturated heterocycles. The molecule has 100 valence electrons. The van der Waals surface area contributed by atoms with Gasteiger partial charge in [-0.15, -0.1) is 0 Å². The highest BCUT2D eigenvalue weighted by Crippen LogP contribution is 2.19. The van der Waals surface area contributed by atoms with Crippen molar-refractivity contribution in [2.24, 2.45) is 11.8 Å². The van der Waals surface area contributed by atoms with Crippen LogP contribution in [0.25, 0.3) is 0 Å². The quantitative estimate of drug-likeness (QED) is 0.830. The summed E-state index contributed by atoms with van der Waals surface area (Å²) in [6.45, 7) is 8.34. The Labute approximate surface area is 111 Å². The number of hydrogen-bond donors (Lipinski definition) is 1. The van der Waals surface area contributed by atoms with Crippen LogP contribution in [0.3, 0.4) is 0 Å². The lowest BCUT2D eigenvalue weighted by Gasteiger charge is -2.12. The van der Waals surface area contributed by atoms with E-state index < -0.39 is 0 Å². The summed E-state index contributed by atoms with van der Waals surface area (Å²) in [4.78, 5) is 11.8. The molecule has 1 rings (SSSR count). The summed E-state index contributed by atoms with van der Waals surface area (Å²) in [5, 5.41) is 3.17. The predicted octanol–water partition coefficient (Wildman–Crippen LogP) is 3.69. The number of Topliss-reactive ketones (excluding diaryl/α,β-unsaturated/α-hetero) is 1. The molecule has 0 aromatic heterocycles. The Hall–Kier alpha value is -1.31. The Bertz CT molecular complexity index is 408. The number of ketones is 1. The van der Waals surface area contributed by atoms with Gasteiger partial charge in [0.15, 0.2) is 0 Å². The molecule has 0 atom stereocenters. The van der Waals surface area contributed by atoms with Crippen LogP contribution >= 0.6 is 0 Å². The van der Waals surface area contributed by atoms with Crippen molar-refractivity contribution in [1.82, 2.24) is 0 Å². The molecule has 1 aromatic rings. The Morgan fingerprint density at radius 2 is 1.72 bits per heavy atom. The summed E-state index contributed by atoms with van der Waals surface area (Å²) in [5.74, 6) is 1.04. The Balaban J connectivity index is 2.93. The molecule has 0 aliphatic carbocycles. The minimum absolute atomic E-state index is 0.108. The highest BCUT2D eigenvalue weighted by Gasteiger charge is 2.10. The van der Waals surface area contributed by atoms with Crippen molar-refractivity contribution in [3.63, 3.8) is 0 Å². The first-order chi connectivity index (χ1) is 8.42. The minimum atomic E-state index is 0.108. The topological polar surface area (TPSA) is 29.1 Å². The zero-order chi connectivity index (χ0) is 13.7. The van der Waals surface area contributed by atoms with E-state index in [1.165, 1.54) is 5.56 Å². The molecule has 0 heterocycles. The van der Waals surface area contributed by atoms with Crippen LogP contribution in [0.2, 0.25) is 0 Å². The van der Waals surface area contributed by atoms with Crippen LogP contribution in [-0.4, -0.2) is 12.8 Å². The van der Waals surface area contributed by atoms with Crippen LogP contribution in [0.1, 0.15) is 38.8 Å². The third kappa shape index (κ3) is 4.52. The minimum Gasteiger partial charge on any atom is -0.388 e. The molecule has 0 radical (unpaired) electrons. The number of nitrogens with one attached hydrogen (secondary N) is 1. The third-order valence-electron chi connectivity index (χ3n) is 3.01. The maximum absolute atomic E-state index is 11.8. The van der Waals surface area contributed by atoms with Crippen LogP contribution in [0, 0.1) is 11.8 Å². The Morgan fingerprint density at radius 3 is 2.22 bits per heavy atom. The summed E-state index contributed by atoms with van der Waals surface area (Å²) < 4.78 is 0. The predicted molar refractivity (Wildman–Crippen MR) is 78.1 cm³/mol. The van der Waals surface area contributed by atoms with E-state index in [9.17, 15) is 4.79 Å². The molecular formula is C16H25NO. The van der Waals surface area contributed by atoms with Gasteiger partial charge in [-0.1, -0.05) is 33.8 Å². The first-order valence-corrected chi connectivity index (χ1v) is 6.75. The van der Waals surface area contributed by atoms with E-state index in [0.29, 0.717) is 18.1 Å². The van der Waals surface area contributed by atoms with Gasteiger partial charge in [0.2, 0.25) is 0 Å². The Kier molecular flexibility index (Phi) is 5.39. The van der Waals surface area contributed by atoms with Gasteiger partial charge in [0, 0.05) is 25.1 Å². The molecule has 0 aliphatic rings. The molecule has 18 heavy (non-hydrogen) atoms. The molecule has 0 bridgehead atoms.